The predicted octanol–water partition coefficient (Wildman–Crippen LogP) is 5.80. The van der Waals surface area contributed by atoms with Gasteiger partial charge in [0, 0.05) is 42.2 Å². The number of methoxy groups -OCH3 is 1. The molecule has 2 aromatic heterocycles. The summed E-state index contributed by atoms with van der Waals surface area (Å²) in [5, 5.41) is 1.53. The van der Waals surface area contributed by atoms with Gasteiger partial charge in [-0.2, -0.15) is 0 Å². The van der Waals surface area contributed by atoms with Crippen molar-refractivity contribution in [2.45, 2.75) is 11.8 Å². The molecule has 0 radical (unpaired) electrons. The third-order valence-electron chi connectivity index (χ3n) is 5.55. The molecular weight excluding hydrogens is 495 g/mol. The van der Waals surface area contributed by atoms with Crippen LogP contribution < -0.4 is 13.8 Å². The molecule has 37 heavy (non-hydrogen) atoms. The zero-order chi connectivity index (χ0) is 26.0. The number of benzene rings is 3. The molecule has 0 aliphatic carbocycles. The Kier molecular flexibility index (Phi) is 6.41. The lowest BCUT2D eigenvalue weighted by atomic mass is 10.2. The number of ether oxygens (including phenoxy) is 2. The normalized spacial score (nSPS) is 11.3. The molecule has 0 saturated carbocycles. The van der Waals surface area contributed by atoms with Crippen molar-refractivity contribution in [1.82, 2.24) is 15.0 Å². The summed E-state index contributed by atoms with van der Waals surface area (Å²) < 4.78 is 54.3. The van der Waals surface area contributed by atoms with Crippen LogP contribution in [0.2, 0.25) is 0 Å². The first kappa shape index (κ1) is 24.1. The number of rotatable bonds is 7. The molecule has 0 spiro atoms. The van der Waals surface area contributed by atoms with E-state index in [1.54, 1.807) is 55.7 Å². The van der Waals surface area contributed by atoms with Gasteiger partial charge in [0.15, 0.2) is 5.82 Å². The average Bonchev–Trinajstić information content (AvgIpc) is 2.89. The van der Waals surface area contributed by atoms with E-state index in [0.29, 0.717) is 17.1 Å². The quantitative estimate of drug-likeness (QED) is 0.270. The van der Waals surface area contributed by atoms with Crippen LogP contribution in [0.15, 0.2) is 96.5 Å². The zero-order valence-corrected chi connectivity index (χ0v) is 20.7. The summed E-state index contributed by atoms with van der Waals surface area (Å²) in [5.41, 5.74) is 0.907. The van der Waals surface area contributed by atoms with Crippen LogP contribution in [0.5, 0.6) is 17.2 Å². The molecule has 0 atom stereocenters. The molecule has 0 fully saturated rings. The van der Waals surface area contributed by atoms with Crippen molar-refractivity contribution in [1.29, 1.82) is 0 Å². The van der Waals surface area contributed by atoms with E-state index in [1.165, 1.54) is 50.0 Å². The number of hydrogen-bond acceptors (Lipinski definition) is 7. The summed E-state index contributed by atoms with van der Waals surface area (Å²) >= 11 is 0. The van der Waals surface area contributed by atoms with Gasteiger partial charge in [0.25, 0.3) is 10.0 Å². The molecule has 0 unspecified atom stereocenters. The number of hydrogen-bond donors (Lipinski definition) is 0. The van der Waals surface area contributed by atoms with E-state index in [4.69, 9.17) is 9.47 Å². The topological polar surface area (TPSA) is 94.5 Å². The highest BCUT2D eigenvalue weighted by Gasteiger charge is 2.30. The monoisotopic (exact) mass is 516 g/mol. The van der Waals surface area contributed by atoms with Gasteiger partial charge in [-0.25, -0.2) is 27.1 Å². The van der Waals surface area contributed by atoms with Gasteiger partial charge in [-0.05, 0) is 60.3 Å². The Morgan fingerprint density at radius 3 is 2.46 bits per heavy atom. The molecule has 0 amide bonds. The fourth-order valence-electron chi connectivity index (χ4n) is 3.89. The summed E-state index contributed by atoms with van der Waals surface area (Å²) in [6.07, 6.45) is 5.98. The predicted molar refractivity (Wildman–Crippen MR) is 137 cm³/mol. The first-order valence-electron chi connectivity index (χ1n) is 11.1. The average molecular weight is 517 g/mol. The van der Waals surface area contributed by atoms with Gasteiger partial charge in [0.2, 0.25) is 0 Å². The van der Waals surface area contributed by atoms with Gasteiger partial charge in [-0.15, -0.1) is 0 Å². The van der Waals surface area contributed by atoms with E-state index >= 15 is 0 Å². The van der Waals surface area contributed by atoms with Crippen LogP contribution in [0.4, 0.5) is 15.9 Å². The second kappa shape index (κ2) is 9.82. The van der Waals surface area contributed by atoms with Crippen molar-refractivity contribution in [3.8, 4) is 17.2 Å². The molecule has 8 nitrogen and oxygen atoms in total. The molecule has 186 valence electrons. The largest absolute Gasteiger partial charge is 0.494 e. The molecule has 0 aliphatic rings. The number of pyridine rings is 1. The van der Waals surface area contributed by atoms with Gasteiger partial charge in [0.1, 0.15) is 35.1 Å². The van der Waals surface area contributed by atoms with Crippen LogP contribution in [-0.2, 0) is 10.0 Å². The van der Waals surface area contributed by atoms with Gasteiger partial charge < -0.3 is 9.47 Å². The van der Waals surface area contributed by atoms with Crippen LogP contribution in [0, 0.1) is 12.7 Å². The van der Waals surface area contributed by atoms with Crippen LogP contribution >= 0.6 is 0 Å². The summed E-state index contributed by atoms with van der Waals surface area (Å²) in [6, 6.07) is 17.0. The maximum Gasteiger partial charge on any atom is 0.270 e. The summed E-state index contributed by atoms with van der Waals surface area (Å²) in [5.74, 6) is 0.545. The van der Waals surface area contributed by atoms with E-state index in [-0.39, 0.29) is 22.2 Å². The Morgan fingerprint density at radius 1 is 0.865 bits per heavy atom. The summed E-state index contributed by atoms with van der Waals surface area (Å²) in [4.78, 5) is 12.2. The lowest BCUT2D eigenvalue weighted by molar-refractivity contribution is 0.410. The molecule has 0 bridgehead atoms. The lowest BCUT2D eigenvalue weighted by Gasteiger charge is -2.25. The van der Waals surface area contributed by atoms with Gasteiger partial charge >= 0.3 is 0 Å². The standard InChI is InChI=1S/C27H21FN4O4S/c1-18-11-21(28)14-23(12-18)36-22-4-6-25(26(15-22)35-2)32(27-8-10-30-17-31-27)37(33,34)24-5-3-20-16-29-9-7-19(20)13-24/h3-17H,1-2H3. The molecule has 0 saturated heterocycles. The SMILES string of the molecule is COc1cc(Oc2cc(C)cc(F)c2)ccc1N(c1ccncn1)S(=O)(=O)c1ccc2cnccc2c1. The number of halogens is 1. The van der Waals surface area contributed by atoms with Crippen molar-refractivity contribution < 1.29 is 22.3 Å². The fraction of sp³-hybridized carbons (Fsp3) is 0.0741. The Labute approximate surface area is 213 Å². The van der Waals surface area contributed by atoms with E-state index in [2.05, 4.69) is 15.0 Å². The number of sulfonamides is 1. The number of aromatic nitrogens is 3. The molecule has 5 aromatic rings. The van der Waals surface area contributed by atoms with Crippen molar-refractivity contribution in [2.24, 2.45) is 0 Å². The Bertz CT molecular complexity index is 1680. The summed E-state index contributed by atoms with van der Waals surface area (Å²) in [6.45, 7) is 1.76. The minimum Gasteiger partial charge on any atom is -0.494 e. The molecular formula is C27H21FN4O4S. The molecule has 2 heterocycles. The summed E-state index contributed by atoms with van der Waals surface area (Å²) in [7, 11) is -2.74. The van der Waals surface area contributed by atoms with E-state index in [0.717, 1.165) is 15.1 Å². The van der Waals surface area contributed by atoms with Crippen LogP contribution in [0.1, 0.15) is 5.56 Å². The van der Waals surface area contributed by atoms with E-state index in [9.17, 15) is 12.8 Å². The highest BCUT2D eigenvalue weighted by molar-refractivity contribution is 7.93. The van der Waals surface area contributed by atoms with Gasteiger partial charge in [-0.3, -0.25) is 4.98 Å². The first-order valence-corrected chi connectivity index (χ1v) is 12.6. The van der Waals surface area contributed by atoms with Crippen molar-refractivity contribution >= 4 is 32.3 Å². The minimum absolute atomic E-state index is 0.0578. The van der Waals surface area contributed by atoms with Crippen LogP contribution in [-0.4, -0.2) is 30.5 Å². The third kappa shape index (κ3) is 4.91. The minimum atomic E-state index is -4.16. The van der Waals surface area contributed by atoms with E-state index in [1.807, 2.05) is 0 Å². The zero-order valence-electron chi connectivity index (χ0n) is 19.9. The highest BCUT2D eigenvalue weighted by Crippen LogP contribution is 2.40. The highest BCUT2D eigenvalue weighted by atomic mass is 32.2. The Morgan fingerprint density at radius 2 is 1.70 bits per heavy atom. The lowest BCUT2D eigenvalue weighted by Crippen LogP contribution is -2.27. The second-order valence-corrected chi connectivity index (χ2v) is 9.91. The Hall–Kier alpha value is -4.57. The van der Waals surface area contributed by atoms with Crippen LogP contribution in [0.25, 0.3) is 10.8 Å². The molecule has 10 heteroatoms. The maximum absolute atomic E-state index is 14.0. The van der Waals surface area contributed by atoms with Crippen LogP contribution in [0.3, 0.4) is 0 Å². The van der Waals surface area contributed by atoms with Crippen molar-refractivity contribution in [3.05, 3.63) is 103 Å². The number of nitrogens with zero attached hydrogens (tertiary/aromatic N) is 4. The van der Waals surface area contributed by atoms with E-state index < -0.39 is 15.8 Å². The number of anilines is 2. The van der Waals surface area contributed by atoms with Crippen molar-refractivity contribution in [2.75, 3.05) is 11.4 Å². The first-order chi connectivity index (χ1) is 17.8. The van der Waals surface area contributed by atoms with Gasteiger partial charge in [-0.1, -0.05) is 6.07 Å². The fourth-order valence-corrected chi connectivity index (χ4v) is 5.38. The Balaban J connectivity index is 1.61. The third-order valence-corrected chi connectivity index (χ3v) is 7.26. The molecule has 0 N–H and O–H groups in total. The van der Waals surface area contributed by atoms with Crippen molar-refractivity contribution in [3.63, 3.8) is 0 Å². The number of fused-ring (bicyclic) bond motifs is 1. The van der Waals surface area contributed by atoms with Gasteiger partial charge in [0.05, 0.1) is 12.0 Å². The smallest absolute Gasteiger partial charge is 0.270 e. The number of aryl methyl sites for hydroxylation is 1. The molecule has 5 rings (SSSR count). The molecule has 3 aromatic carbocycles. The molecule has 0 aliphatic heterocycles. The maximum atomic E-state index is 14.0. The second-order valence-electron chi connectivity index (χ2n) is 8.12.